The van der Waals surface area contributed by atoms with E-state index in [2.05, 4.69) is 0 Å². The maximum atomic E-state index is 10.3. The minimum Gasteiger partial charge on any atom is -0.412 e. The first-order chi connectivity index (χ1) is 5.18. The molecule has 0 aliphatic heterocycles. The van der Waals surface area contributed by atoms with Crippen molar-refractivity contribution in [2.45, 2.75) is 5.75 Å². The normalized spacial score (nSPS) is 8.69. The lowest BCUT2D eigenvalue weighted by molar-refractivity contribution is 0.614. The molecule has 0 atom stereocenters. The Morgan fingerprint density at radius 3 is 1.92 bits per heavy atom. The summed E-state index contributed by atoms with van der Waals surface area (Å²) in [5.74, 6) is 0.148. The van der Waals surface area contributed by atoms with Gasteiger partial charge in [0.05, 0.1) is 5.75 Å². The standard InChI is InChI=1S/C7H9BO2S.2H2O/c8-7-3-1-6(2-4-7)5-11(9)10;;/h1-4,11H,5,8H2;2*1H2. The van der Waals surface area contributed by atoms with Gasteiger partial charge in [-0.15, -0.1) is 0 Å². The Hall–Kier alpha value is -0.845. The summed E-state index contributed by atoms with van der Waals surface area (Å²) in [6.45, 7) is 0. The van der Waals surface area contributed by atoms with Crippen LogP contribution in [0, 0.1) is 0 Å². The number of benzene rings is 1. The minimum atomic E-state index is -2.29. The molecule has 13 heavy (non-hydrogen) atoms. The molecule has 0 aliphatic rings. The molecule has 1 rings (SSSR count). The smallest absolute Gasteiger partial charge is 0.144 e. The molecule has 0 spiro atoms. The Labute approximate surface area is 79.6 Å². The molecule has 4 nitrogen and oxygen atoms in total. The largest absolute Gasteiger partial charge is 0.412 e. The van der Waals surface area contributed by atoms with E-state index in [1.807, 2.05) is 32.1 Å². The quantitative estimate of drug-likeness (QED) is 0.422. The monoisotopic (exact) mass is 204 g/mol. The van der Waals surface area contributed by atoms with Gasteiger partial charge in [-0.05, 0) is 5.56 Å². The van der Waals surface area contributed by atoms with Gasteiger partial charge in [0.2, 0.25) is 0 Å². The predicted octanol–water partition coefficient (Wildman–Crippen LogP) is -2.59. The van der Waals surface area contributed by atoms with Crippen molar-refractivity contribution in [2.24, 2.45) is 0 Å². The van der Waals surface area contributed by atoms with Gasteiger partial charge in [-0.3, -0.25) is 0 Å². The van der Waals surface area contributed by atoms with Gasteiger partial charge in [-0.1, -0.05) is 29.7 Å². The molecule has 0 saturated carbocycles. The predicted molar refractivity (Wildman–Crippen MR) is 55.9 cm³/mol. The van der Waals surface area contributed by atoms with Crippen LogP contribution in [0.2, 0.25) is 0 Å². The maximum Gasteiger partial charge on any atom is 0.144 e. The average molecular weight is 204 g/mol. The van der Waals surface area contributed by atoms with Crippen LogP contribution in [0.4, 0.5) is 0 Å². The second kappa shape index (κ2) is 6.65. The number of rotatable bonds is 2. The molecule has 0 bridgehead atoms. The highest BCUT2D eigenvalue weighted by atomic mass is 32.2. The van der Waals surface area contributed by atoms with Crippen LogP contribution in [0.3, 0.4) is 0 Å². The molecular weight excluding hydrogens is 191 g/mol. The Balaban J connectivity index is 0. The second-order valence-corrected chi connectivity index (χ2v) is 3.46. The maximum absolute atomic E-state index is 10.3. The highest BCUT2D eigenvalue weighted by molar-refractivity contribution is 7.71. The molecule has 6 heteroatoms. The van der Waals surface area contributed by atoms with Crippen molar-refractivity contribution in [3.63, 3.8) is 0 Å². The summed E-state index contributed by atoms with van der Waals surface area (Å²) in [6.07, 6.45) is 0. The third-order valence-corrected chi connectivity index (χ3v) is 2.06. The molecule has 74 valence electrons. The Morgan fingerprint density at radius 1 is 1.08 bits per heavy atom. The first kappa shape index (κ1) is 14.7. The topological polar surface area (TPSA) is 97.1 Å². The van der Waals surface area contributed by atoms with E-state index in [1.54, 1.807) is 0 Å². The minimum absolute atomic E-state index is 0. The van der Waals surface area contributed by atoms with Gasteiger partial charge in [-0.2, -0.15) is 0 Å². The zero-order valence-corrected chi connectivity index (χ0v) is 8.17. The summed E-state index contributed by atoms with van der Waals surface area (Å²) in [6, 6.07) is 7.49. The van der Waals surface area contributed by atoms with Crippen LogP contribution < -0.4 is 5.46 Å². The molecule has 1 aromatic carbocycles. The van der Waals surface area contributed by atoms with E-state index in [9.17, 15) is 8.42 Å². The third kappa shape index (κ3) is 5.40. The van der Waals surface area contributed by atoms with Crippen molar-refractivity contribution in [2.75, 3.05) is 0 Å². The van der Waals surface area contributed by atoms with E-state index < -0.39 is 10.7 Å². The third-order valence-electron chi connectivity index (χ3n) is 1.43. The van der Waals surface area contributed by atoms with E-state index in [-0.39, 0.29) is 16.7 Å². The molecule has 0 aliphatic carbocycles. The summed E-state index contributed by atoms with van der Waals surface area (Å²) in [5.41, 5.74) is 2.00. The van der Waals surface area contributed by atoms with Gasteiger partial charge >= 0.3 is 0 Å². The summed E-state index contributed by atoms with van der Waals surface area (Å²) in [5, 5.41) is 0. The van der Waals surface area contributed by atoms with Crippen molar-refractivity contribution in [1.82, 2.24) is 0 Å². The molecule has 0 aromatic heterocycles. The van der Waals surface area contributed by atoms with Gasteiger partial charge in [0.15, 0.2) is 0 Å². The van der Waals surface area contributed by atoms with Crippen LogP contribution in [0.5, 0.6) is 0 Å². The second-order valence-electron chi connectivity index (χ2n) is 2.48. The Kier molecular flexibility index (Phi) is 7.50. The SMILES string of the molecule is Bc1ccc(C[SH](=O)=O)cc1.O.O. The number of hydrogen-bond donors (Lipinski definition) is 1. The van der Waals surface area contributed by atoms with Crippen molar-refractivity contribution in [1.29, 1.82) is 0 Å². The van der Waals surface area contributed by atoms with Crippen LogP contribution in [-0.2, 0) is 16.5 Å². The highest BCUT2D eigenvalue weighted by Gasteiger charge is 1.91. The van der Waals surface area contributed by atoms with Gasteiger partial charge in [0, 0.05) is 0 Å². The van der Waals surface area contributed by atoms with E-state index in [0.29, 0.717) is 0 Å². The summed E-state index contributed by atoms with van der Waals surface area (Å²) >= 11 is 0. The molecule has 0 saturated heterocycles. The molecular formula is C7H13BO4S. The molecule has 0 radical (unpaired) electrons. The Morgan fingerprint density at radius 2 is 1.54 bits per heavy atom. The van der Waals surface area contributed by atoms with Gasteiger partial charge in [0.25, 0.3) is 0 Å². The van der Waals surface area contributed by atoms with E-state index >= 15 is 0 Å². The van der Waals surface area contributed by atoms with Crippen LogP contribution in [0.25, 0.3) is 0 Å². The fourth-order valence-corrected chi connectivity index (χ4v) is 1.35. The Bertz CT molecular complexity index is 299. The van der Waals surface area contributed by atoms with Crippen molar-refractivity contribution in [3.05, 3.63) is 29.8 Å². The van der Waals surface area contributed by atoms with Crippen LogP contribution in [-0.4, -0.2) is 27.2 Å². The highest BCUT2D eigenvalue weighted by Crippen LogP contribution is 1.97. The van der Waals surface area contributed by atoms with Crippen molar-refractivity contribution < 1.29 is 19.4 Å². The van der Waals surface area contributed by atoms with E-state index in [4.69, 9.17) is 0 Å². The molecule has 0 heterocycles. The lowest BCUT2D eigenvalue weighted by Crippen LogP contribution is -2.00. The van der Waals surface area contributed by atoms with Gasteiger partial charge in [-0.25, -0.2) is 8.42 Å². The van der Waals surface area contributed by atoms with Gasteiger partial charge < -0.3 is 11.0 Å². The zero-order valence-electron chi connectivity index (χ0n) is 7.28. The first-order valence-electron chi connectivity index (χ1n) is 3.36. The summed E-state index contributed by atoms with van der Waals surface area (Å²) < 4.78 is 20.6. The molecule has 4 N–H and O–H groups in total. The fraction of sp³-hybridized carbons (Fsp3) is 0.143. The summed E-state index contributed by atoms with van der Waals surface area (Å²) in [4.78, 5) is 0. The molecule has 0 unspecified atom stereocenters. The van der Waals surface area contributed by atoms with Crippen LogP contribution >= 0.6 is 0 Å². The lowest BCUT2D eigenvalue weighted by Gasteiger charge is -1.94. The molecule has 0 fully saturated rings. The fourth-order valence-electron chi connectivity index (χ4n) is 0.843. The van der Waals surface area contributed by atoms with Crippen molar-refractivity contribution in [3.8, 4) is 0 Å². The van der Waals surface area contributed by atoms with Crippen LogP contribution in [0.15, 0.2) is 24.3 Å². The molecule has 1 aromatic rings. The van der Waals surface area contributed by atoms with Gasteiger partial charge in [0.1, 0.15) is 18.6 Å². The van der Waals surface area contributed by atoms with Crippen molar-refractivity contribution >= 4 is 24.0 Å². The lowest BCUT2D eigenvalue weighted by atomic mass is 9.96. The zero-order chi connectivity index (χ0) is 8.27. The molecule has 0 amide bonds. The van der Waals surface area contributed by atoms with Crippen LogP contribution in [0.1, 0.15) is 5.56 Å². The van der Waals surface area contributed by atoms with E-state index in [0.717, 1.165) is 11.0 Å². The number of thiol groups is 1. The number of hydrogen-bond acceptors (Lipinski definition) is 2. The van der Waals surface area contributed by atoms with E-state index in [1.165, 1.54) is 0 Å². The summed E-state index contributed by atoms with van der Waals surface area (Å²) in [7, 11) is -0.313. The average Bonchev–Trinajstić information content (AvgIpc) is 1.93. The first-order valence-corrected chi connectivity index (χ1v) is 4.72.